The van der Waals surface area contributed by atoms with Crippen LogP contribution in [-0.4, -0.2) is 43.0 Å². The van der Waals surface area contributed by atoms with Gasteiger partial charge in [0.25, 0.3) is 0 Å². The summed E-state index contributed by atoms with van der Waals surface area (Å²) in [7, 11) is 1.98. The van der Waals surface area contributed by atoms with E-state index in [0.29, 0.717) is 12.6 Å². The number of carbonyl (C=O) groups excluding carboxylic acids is 1. The molecule has 0 aliphatic rings. The largest absolute Gasteiger partial charge is 0.355 e. The van der Waals surface area contributed by atoms with Crippen molar-refractivity contribution in [1.82, 2.24) is 10.2 Å². The highest BCUT2D eigenvalue weighted by molar-refractivity contribution is 5.81. The van der Waals surface area contributed by atoms with Gasteiger partial charge in [0.1, 0.15) is 0 Å². The minimum Gasteiger partial charge on any atom is -0.355 e. The number of unbranched alkanes of at least 4 members (excludes halogenated alkanes) is 2. The second kappa shape index (κ2) is 9.42. The first-order valence-corrected chi connectivity index (χ1v) is 6.74. The number of hydrogen-bond acceptors (Lipinski definition) is 3. The lowest BCUT2D eigenvalue weighted by molar-refractivity contribution is -0.126. The van der Waals surface area contributed by atoms with Gasteiger partial charge in [0.15, 0.2) is 0 Å². The second-order valence-corrected chi connectivity index (χ2v) is 4.77. The van der Waals surface area contributed by atoms with Crippen LogP contribution in [0.3, 0.4) is 0 Å². The number of nitrogens with zero attached hydrogens (tertiary/aromatic N) is 1. The van der Waals surface area contributed by atoms with E-state index in [1.807, 2.05) is 14.0 Å². The van der Waals surface area contributed by atoms with Gasteiger partial charge in [0.2, 0.25) is 5.91 Å². The summed E-state index contributed by atoms with van der Waals surface area (Å²) in [6.45, 7) is 7.66. The van der Waals surface area contributed by atoms with Crippen molar-refractivity contribution in [1.29, 1.82) is 0 Å². The standard InChI is InChI=1S/C13H29N3O/c1-5-6-7-10-15-13(17)12(3)16(4)11(2)8-9-14/h11-12H,5-10,14H2,1-4H3,(H,15,17). The molecule has 0 heterocycles. The molecule has 17 heavy (non-hydrogen) atoms. The molecule has 1 amide bonds. The summed E-state index contributed by atoms with van der Waals surface area (Å²) in [5.41, 5.74) is 5.53. The first-order chi connectivity index (χ1) is 8.04. The summed E-state index contributed by atoms with van der Waals surface area (Å²) in [4.78, 5) is 14.0. The monoisotopic (exact) mass is 243 g/mol. The number of nitrogens with two attached hydrogens (primary N) is 1. The third-order valence-electron chi connectivity index (χ3n) is 3.35. The van der Waals surface area contributed by atoms with Gasteiger partial charge in [0, 0.05) is 12.6 Å². The molecule has 0 rings (SSSR count). The molecule has 4 nitrogen and oxygen atoms in total. The zero-order valence-corrected chi connectivity index (χ0v) is 11.8. The maximum atomic E-state index is 11.9. The van der Waals surface area contributed by atoms with Gasteiger partial charge >= 0.3 is 0 Å². The average Bonchev–Trinajstić information content (AvgIpc) is 2.32. The number of carbonyl (C=O) groups is 1. The van der Waals surface area contributed by atoms with Gasteiger partial charge in [-0.25, -0.2) is 0 Å². The molecule has 0 spiro atoms. The van der Waals surface area contributed by atoms with Crippen LogP contribution in [0.4, 0.5) is 0 Å². The quantitative estimate of drug-likeness (QED) is 0.601. The molecule has 2 atom stereocenters. The van der Waals surface area contributed by atoms with Crippen LogP contribution in [0.1, 0.15) is 46.5 Å². The van der Waals surface area contributed by atoms with Crippen molar-refractivity contribution >= 4 is 5.91 Å². The van der Waals surface area contributed by atoms with Crippen molar-refractivity contribution in [2.24, 2.45) is 5.73 Å². The van der Waals surface area contributed by atoms with Gasteiger partial charge < -0.3 is 11.1 Å². The van der Waals surface area contributed by atoms with Crippen LogP contribution in [0.25, 0.3) is 0 Å². The molecule has 0 aromatic heterocycles. The van der Waals surface area contributed by atoms with Gasteiger partial charge in [-0.1, -0.05) is 19.8 Å². The lowest BCUT2D eigenvalue weighted by Gasteiger charge is -2.29. The zero-order chi connectivity index (χ0) is 13.3. The normalized spacial score (nSPS) is 14.7. The lowest BCUT2D eigenvalue weighted by atomic mass is 10.1. The van der Waals surface area contributed by atoms with E-state index in [1.54, 1.807) is 0 Å². The molecule has 0 saturated carbocycles. The van der Waals surface area contributed by atoms with E-state index in [-0.39, 0.29) is 11.9 Å². The first-order valence-electron chi connectivity index (χ1n) is 6.74. The Balaban J connectivity index is 3.93. The molecular formula is C13H29N3O. The SMILES string of the molecule is CCCCCNC(=O)C(C)N(C)C(C)CCN. The van der Waals surface area contributed by atoms with Crippen LogP contribution < -0.4 is 11.1 Å². The molecule has 0 aromatic carbocycles. The zero-order valence-electron chi connectivity index (χ0n) is 11.8. The molecule has 0 aromatic rings. The molecular weight excluding hydrogens is 214 g/mol. The first kappa shape index (κ1) is 16.4. The molecule has 0 aliphatic heterocycles. The highest BCUT2D eigenvalue weighted by Crippen LogP contribution is 2.05. The molecule has 102 valence electrons. The second-order valence-electron chi connectivity index (χ2n) is 4.77. The van der Waals surface area contributed by atoms with Gasteiger partial charge in [-0.3, -0.25) is 9.69 Å². The molecule has 2 unspecified atom stereocenters. The minimum absolute atomic E-state index is 0.0850. The summed E-state index contributed by atoms with van der Waals surface area (Å²) < 4.78 is 0. The fourth-order valence-corrected chi connectivity index (χ4v) is 1.75. The number of amides is 1. The van der Waals surface area contributed by atoms with Crippen molar-refractivity contribution in [2.75, 3.05) is 20.1 Å². The minimum atomic E-state index is -0.0850. The summed E-state index contributed by atoms with van der Waals surface area (Å²) in [5, 5.41) is 2.98. The molecule has 4 heteroatoms. The van der Waals surface area contributed by atoms with Crippen molar-refractivity contribution in [3.05, 3.63) is 0 Å². The molecule has 0 bridgehead atoms. The Morgan fingerprint density at radius 3 is 2.53 bits per heavy atom. The Bertz CT molecular complexity index is 209. The summed E-state index contributed by atoms with van der Waals surface area (Å²) in [6, 6.07) is 0.259. The molecule has 0 aliphatic carbocycles. The fourth-order valence-electron chi connectivity index (χ4n) is 1.75. The Morgan fingerprint density at radius 1 is 1.35 bits per heavy atom. The Hall–Kier alpha value is -0.610. The van der Waals surface area contributed by atoms with Gasteiger partial charge in [-0.2, -0.15) is 0 Å². The summed E-state index contributed by atoms with van der Waals surface area (Å²) in [6.07, 6.45) is 4.34. The Labute approximate surface area is 106 Å². The smallest absolute Gasteiger partial charge is 0.237 e. The summed E-state index contributed by atoms with van der Waals surface area (Å²) in [5.74, 6) is 0.118. The third-order valence-corrected chi connectivity index (χ3v) is 3.35. The Morgan fingerprint density at radius 2 is 2.00 bits per heavy atom. The van der Waals surface area contributed by atoms with Gasteiger partial charge in [-0.15, -0.1) is 0 Å². The molecule has 0 fully saturated rings. The van der Waals surface area contributed by atoms with Gasteiger partial charge in [-0.05, 0) is 40.3 Å². The predicted molar refractivity (Wildman–Crippen MR) is 72.9 cm³/mol. The number of likely N-dealkylation sites (N-methyl/N-ethyl adjacent to an activating group) is 1. The fraction of sp³-hybridized carbons (Fsp3) is 0.923. The van der Waals surface area contributed by atoms with E-state index < -0.39 is 0 Å². The van der Waals surface area contributed by atoms with Crippen LogP contribution in [0, 0.1) is 0 Å². The van der Waals surface area contributed by atoms with E-state index in [4.69, 9.17) is 5.73 Å². The summed E-state index contributed by atoms with van der Waals surface area (Å²) >= 11 is 0. The Kier molecular flexibility index (Phi) is 9.09. The molecule has 3 N–H and O–H groups in total. The average molecular weight is 243 g/mol. The van der Waals surface area contributed by atoms with Crippen LogP contribution in [-0.2, 0) is 4.79 Å². The topological polar surface area (TPSA) is 58.4 Å². The van der Waals surface area contributed by atoms with E-state index in [1.165, 1.54) is 12.8 Å². The van der Waals surface area contributed by atoms with Crippen molar-refractivity contribution in [2.45, 2.75) is 58.5 Å². The van der Waals surface area contributed by atoms with Crippen LogP contribution in [0.15, 0.2) is 0 Å². The van der Waals surface area contributed by atoms with E-state index in [9.17, 15) is 4.79 Å². The highest BCUT2D eigenvalue weighted by Gasteiger charge is 2.21. The number of nitrogens with one attached hydrogen (secondary N) is 1. The van der Waals surface area contributed by atoms with Crippen LogP contribution in [0.2, 0.25) is 0 Å². The third kappa shape index (κ3) is 6.64. The highest BCUT2D eigenvalue weighted by atomic mass is 16.2. The van der Waals surface area contributed by atoms with Crippen LogP contribution in [0.5, 0.6) is 0 Å². The number of rotatable bonds is 9. The van der Waals surface area contributed by atoms with E-state index >= 15 is 0 Å². The van der Waals surface area contributed by atoms with Crippen molar-refractivity contribution < 1.29 is 4.79 Å². The van der Waals surface area contributed by atoms with E-state index in [2.05, 4.69) is 24.1 Å². The predicted octanol–water partition coefficient (Wildman–Crippen LogP) is 1.35. The number of hydrogen-bond donors (Lipinski definition) is 2. The van der Waals surface area contributed by atoms with E-state index in [0.717, 1.165) is 19.4 Å². The lowest BCUT2D eigenvalue weighted by Crippen LogP contribution is -2.47. The maximum Gasteiger partial charge on any atom is 0.237 e. The molecule has 0 radical (unpaired) electrons. The van der Waals surface area contributed by atoms with Crippen molar-refractivity contribution in [3.8, 4) is 0 Å². The maximum absolute atomic E-state index is 11.9. The molecule has 0 saturated heterocycles. The van der Waals surface area contributed by atoms with Crippen LogP contribution >= 0.6 is 0 Å². The van der Waals surface area contributed by atoms with Crippen molar-refractivity contribution in [3.63, 3.8) is 0 Å². The van der Waals surface area contributed by atoms with Gasteiger partial charge in [0.05, 0.1) is 6.04 Å².